The van der Waals surface area contributed by atoms with Crippen LogP contribution in [0.25, 0.3) is 0 Å². The van der Waals surface area contributed by atoms with Gasteiger partial charge in [0.15, 0.2) is 0 Å². The number of phenols is 1. The summed E-state index contributed by atoms with van der Waals surface area (Å²) in [6.07, 6.45) is 0.480. The Labute approximate surface area is 147 Å². The highest BCUT2D eigenvalue weighted by Crippen LogP contribution is 2.20. The Morgan fingerprint density at radius 2 is 1.80 bits per heavy atom. The highest BCUT2D eigenvalue weighted by molar-refractivity contribution is 7.89. The van der Waals surface area contributed by atoms with E-state index in [4.69, 9.17) is 4.74 Å². The zero-order chi connectivity index (χ0) is 18.6. The van der Waals surface area contributed by atoms with Gasteiger partial charge < -0.3 is 9.84 Å². The molecule has 2 aromatic rings. The lowest BCUT2D eigenvalue weighted by molar-refractivity contribution is 0.0599. The van der Waals surface area contributed by atoms with Crippen molar-refractivity contribution >= 4 is 16.0 Å². The molecule has 2 rings (SSSR count). The third-order valence-electron chi connectivity index (χ3n) is 4.00. The van der Waals surface area contributed by atoms with Crippen LogP contribution in [0.4, 0.5) is 0 Å². The number of ether oxygens (including phenoxy) is 1. The van der Waals surface area contributed by atoms with Gasteiger partial charge in [0.05, 0.1) is 17.6 Å². The van der Waals surface area contributed by atoms with Gasteiger partial charge in [-0.25, -0.2) is 17.9 Å². The summed E-state index contributed by atoms with van der Waals surface area (Å²) in [7, 11) is -2.49. The van der Waals surface area contributed by atoms with E-state index < -0.39 is 16.0 Å². The Morgan fingerprint density at radius 1 is 1.16 bits per heavy atom. The van der Waals surface area contributed by atoms with Crippen LogP contribution in [0.15, 0.2) is 41.3 Å². The highest BCUT2D eigenvalue weighted by atomic mass is 32.2. The van der Waals surface area contributed by atoms with Crippen molar-refractivity contribution in [3.63, 3.8) is 0 Å². The molecule has 0 amide bonds. The van der Waals surface area contributed by atoms with E-state index >= 15 is 0 Å². The number of sulfonamides is 1. The minimum absolute atomic E-state index is 0.0294. The maximum Gasteiger partial charge on any atom is 0.338 e. The Bertz CT molecular complexity index is 873. The molecule has 0 aliphatic heterocycles. The van der Waals surface area contributed by atoms with Crippen molar-refractivity contribution in [2.24, 2.45) is 0 Å². The predicted octanol–water partition coefficient (Wildman–Crippen LogP) is 2.32. The molecule has 0 aliphatic rings. The van der Waals surface area contributed by atoms with Gasteiger partial charge >= 0.3 is 5.97 Å². The summed E-state index contributed by atoms with van der Waals surface area (Å²) in [6.45, 7) is 3.70. The van der Waals surface area contributed by atoms with Crippen molar-refractivity contribution < 1.29 is 23.1 Å². The summed E-state index contributed by atoms with van der Waals surface area (Å²) in [6, 6.07) is 9.43. The average Bonchev–Trinajstić information content (AvgIpc) is 2.58. The molecule has 2 aromatic carbocycles. The molecule has 134 valence electrons. The SMILES string of the molecule is COC(=O)c1cc(S(=O)(=O)NCCc2ccc(O)cc2)cc(C)c1C. The van der Waals surface area contributed by atoms with Gasteiger partial charge in [0.1, 0.15) is 5.75 Å². The summed E-state index contributed by atoms with van der Waals surface area (Å²) in [5, 5.41) is 9.25. The largest absolute Gasteiger partial charge is 0.508 e. The number of carbonyl (C=O) groups excluding carboxylic acids is 1. The van der Waals surface area contributed by atoms with E-state index in [1.807, 2.05) is 0 Å². The first-order chi connectivity index (χ1) is 11.7. The number of rotatable bonds is 6. The fraction of sp³-hybridized carbons (Fsp3) is 0.278. The van der Waals surface area contributed by atoms with Crippen LogP contribution in [0.2, 0.25) is 0 Å². The minimum atomic E-state index is -3.75. The fourth-order valence-corrected chi connectivity index (χ4v) is 3.52. The number of aryl methyl sites for hydroxylation is 1. The molecular formula is C18H21NO5S. The van der Waals surface area contributed by atoms with Crippen molar-refractivity contribution in [2.45, 2.75) is 25.2 Å². The molecule has 0 spiro atoms. The lowest BCUT2D eigenvalue weighted by Crippen LogP contribution is -2.26. The average molecular weight is 363 g/mol. The maximum absolute atomic E-state index is 12.5. The second kappa shape index (κ2) is 7.67. The zero-order valence-electron chi connectivity index (χ0n) is 14.4. The summed E-state index contributed by atoms with van der Waals surface area (Å²) in [4.78, 5) is 11.9. The molecule has 7 heteroatoms. The lowest BCUT2D eigenvalue weighted by atomic mass is 10.0. The first kappa shape index (κ1) is 19.0. The van der Waals surface area contributed by atoms with Gasteiger partial charge in [-0.1, -0.05) is 12.1 Å². The third-order valence-corrected chi connectivity index (χ3v) is 5.44. The fourth-order valence-electron chi connectivity index (χ4n) is 2.38. The van der Waals surface area contributed by atoms with E-state index in [1.54, 1.807) is 38.1 Å². The molecule has 0 aromatic heterocycles. The van der Waals surface area contributed by atoms with Crippen LogP contribution < -0.4 is 4.72 Å². The summed E-state index contributed by atoms with van der Waals surface area (Å²) < 4.78 is 32.2. The number of phenolic OH excluding ortho intramolecular Hbond substituents is 1. The maximum atomic E-state index is 12.5. The van der Waals surface area contributed by atoms with Gasteiger partial charge in [0, 0.05) is 6.54 Å². The Morgan fingerprint density at radius 3 is 2.40 bits per heavy atom. The molecule has 0 unspecified atom stereocenters. The number of nitrogens with one attached hydrogen (secondary N) is 1. The third kappa shape index (κ3) is 4.58. The monoisotopic (exact) mass is 363 g/mol. The molecule has 2 N–H and O–H groups in total. The molecule has 0 saturated carbocycles. The highest BCUT2D eigenvalue weighted by Gasteiger charge is 2.19. The van der Waals surface area contributed by atoms with Crippen molar-refractivity contribution in [1.29, 1.82) is 0 Å². The number of benzene rings is 2. The van der Waals surface area contributed by atoms with Crippen molar-refractivity contribution in [1.82, 2.24) is 4.72 Å². The van der Waals surface area contributed by atoms with Crippen LogP contribution in [-0.2, 0) is 21.2 Å². The number of hydrogen-bond acceptors (Lipinski definition) is 5. The molecule has 6 nitrogen and oxygen atoms in total. The second-order valence-corrected chi connectivity index (χ2v) is 7.49. The van der Waals surface area contributed by atoms with Crippen LogP contribution in [0.1, 0.15) is 27.0 Å². The van der Waals surface area contributed by atoms with Gasteiger partial charge in [-0.2, -0.15) is 0 Å². The van der Waals surface area contributed by atoms with E-state index in [1.165, 1.54) is 19.2 Å². The van der Waals surface area contributed by atoms with E-state index in [-0.39, 0.29) is 22.8 Å². The molecule has 0 saturated heterocycles. The molecule has 25 heavy (non-hydrogen) atoms. The summed E-state index contributed by atoms with van der Waals surface area (Å²) in [5.74, 6) is -0.406. The summed E-state index contributed by atoms with van der Waals surface area (Å²) >= 11 is 0. The van der Waals surface area contributed by atoms with Crippen molar-refractivity contribution in [3.8, 4) is 5.75 Å². The number of methoxy groups -OCH3 is 1. The number of esters is 1. The van der Waals surface area contributed by atoms with Gasteiger partial charge in [0.25, 0.3) is 0 Å². The molecule has 0 fully saturated rings. The van der Waals surface area contributed by atoms with Crippen LogP contribution in [0, 0.1) is 13.8 Å². The number of carbonyl (C=O) groups is 1. The van der Waals surface area contributed by atoms with E-state index in [0.717, 1.165) is 5.56 Å². The van der Waals surface area contributed by atoms with Crippen LogP contribution in [0.5, 0.6) is 5.75 Å². The van der Waals surface area contributed by atoms with E-state index in [2.05, 4.69) is 4.72 Å². The second-order valence-electron chi connectivity index (χ2n) is 5.72. The Hall–Kier alpha value is -2.38. The minimum Gasteiger partial charge on any atom is -0.508 e. The molecule has 0 radical (unpaired) electrons. The standard InChI is InChI=1S/C18H21NO5S/c1-12-10-16(11-17(13(12)2)18(21)24-3)25(22,23)19-9-8-14-4-6-15(20)7-5-14/h4-7,10-11,19-20H,8-9H2,1-3H3. The van der Waals surface area contributed by atoms with E-state index in [9.17, 15) is 18.3 Å². The van der Waals surface area contributed by atoms with Crippen LogP contribution in [0.3, 0.4) is 0 Å². The van der Waals surface area contributed by atoms with Gasteiger partial charge in [0.2, 0.25) is 10.0 Å². The first-order valence-electron chi connectivity index (χ1n) is 7.71. The van der Waals surface area contributed by atoms with Gasteiger partial charge in [-0.05, 0) is 61.2 Å². The topological polar surface area (TPSA) is 92.7 Å². The lowest BCUT2D eigenvalue weighted by Gasteiger charge is -2.12. The Balaban J connectivity index is 2.17. The van der Waals surface area contributed by atoms with Crippen molar-refractivity contribution in [3.05, 3.63) is 58.7 Å². The molecule has 0 atom stereocenters. The van der Waals surface area contributed by atoms with Crippen LogP contribution in [-0.4, -0.2) is 33.1 Å². The first-order valence-corrected chi connectivity index (χ1v) is 9.20. The van der Waals surface area contributed by atoms with Gasteiger partial charge in [-0.15, -0.1) is 0 Å². The molecule has 0 bridgehead atoms. The van der Waals surface area contributed by atoms with Crippen LogP contribution >= 0.6 is 0 Å². The van der Waals surface area contributed by atoms with E-state index in [0.29, 0.717) is 17.5 Å². The van der Waals surface area contributed by atoms with Crippen molar-refractivity contribution in [2.75, 3.05) is 13.7 Å². The predicted molar refractivity (Wildman–Crippen MR) is 94.3 cm³/mol. The molecular weight excluding hydrogens is 342 g/mol. The molecule has 0 heterocycles. The number of hydrogen-bond donors (Lipinski definition) is 2. The normalized spacial score (nSPS) is 11.3. The number of aromatic hydroxyl groups is 1. The quantitative estimate of drug-likeness (QED) is 0.769. The summed E-state index contributed by atoms with van der Waals surface area (Å²) in [5.41, 5.74) is 2.52. The Kier molecular flexibility index (Phi) is 5.81. The zero-order valence-corrected chi connectivity index (χ0v) is 15.2. The smallest absolute Gasteiger partial charge is 0.338 e. The van der Waals surface area contributed by atoms with Gasteiger partial charge in [-0.3, -0.25) is 0 Å². The molecule has 0 aliphatic carbocycles.